The van der Waals surface area contributed by atoms with Gasteiger partial charge in [-0.1, -0.05) is 29.8 Å². The summed E-state index contributed by atoms with van der Waals surface area (Å²) in [6, 6.07) is 8.35. The van der Waals surface area contributed by atoms with Crippen molar-refractivity contribution in [1.82, 2.24) is 0 Å². The Balaban J connectivity index is 2.60. The molecule has 0 bridgehead atoms. The summed E-state index contributed by atoms with van der Waals surface area (Å²) in [4.78, 5) is 0. The standard InChI is InChI=1S/C11H17NO/c1-9-4-3-5-11(8-9)10(2)13-7-6-12/h3-5,8,10H,6-7,12H2,1-2H3. The van der Waals surface area contributed by atoms with E-state index in [-0.39, 0.29) is 6.10 Å². The van der Waals surface area contributed by atoms with E-state index in [0.29, 0.717) is 13.2 Å². The van der Waals surface area contributed by atoms with Crippen LogP contribution in [-0.2, 0) is 4.74 Å². The Morgan fingerprint density at radius 3 is 2.85 bits per heavy atom. The van der Waals surface area contributed by atoms with Crippen molar-refractivity contribution in [2.75, 3.05) is 13.2 Å². The van der Waals surface area contributed by atoms with Gasteiger partial charge in [-0.15, -0.1) is 0 Å². The predicted molar refractivity (Wildman–Crippen MR) is 54.6 cm³/mol. The third-order valence-corrected chi connectivity index (χ3v) is 2.00. The molecule has 0 saturated heterocycles. The van der Waals surface area contributed by atoms with Crippen LogP contribution >= 0.6 is 0 Å². The normalized spacial score (nSPS) is 12.8. The summed E-state index contributed by atoms with van der Waals surface area (Å²) in [5.74, 6) is 0. The number of hydrogen-bond donors (Lipinski definition) is 1. The summed E-state index contributed by atoms with van der Waals surface area (Å²) >= 11 is 0. The average molecular weight is 179 g/mol. The molecular weight excluding hydrogens is 162 g/mol. The van der Waals surface area contributed by atoms with Gasteiger partial charge >= 0.3 is 0 Å². The van der Waals surface area contributed by atoms with Crippen LogP contribution in [0.15, 0.2) is 24.3 Å². The van der Waals surface area contributed by atoms with Gasteiger partial charge in [-0.25, -0.2) is 0 Å². The van der Waals surface area contributed by atoms with Crippen molar-refractivity contribution in [2.45, 2.75) is 20.0 Å². The molecular formula is C11H17NO. The minimum atomic E-state index is 0.142. The lowest BCUT2D eigenvalue weighted by atomic mass is 10.1. The molecule has 1 aromatic rings. The molecule has 0 heterocycles. The molecule has 0 fully saturated rings. The van der Waals surface area contributed by atoms with E-state index < -0.39 is 0 Å². The third-order valence-electron chi connectivity index (χ3n) is 2.00. The van der Waals surface area contributed by atoms with E-state index in [9.17, 15) is 0 Å². The van der Waals surface area contributed by atoms with Gasteiger partial charge in [-0.2, -0.15) is 0 Å². The predicted octanol–water partition coefficient (Wildman–Crippen LogP) is 2.03. The Labute approximate surface area is 79.7 Å². The van der Waals surface area contributed by atoms with E-state index in [1.807, 2.05) is 13.0 Å². The summed E-state index contributed by atoms with van der Waals surface area (Å²) in [7, 11) is 0. The van der Waals surface area contributed by atoms with E-state index in [1.165, 1.54) is 11.1 Å². The second-order valence-electron chi connectivity index (χ2n) is 3.22. The molecule has 0 radical (unpaired) electrons. The first-order valence-corrected chi connectivity index (χ1v) is 4.62. The number of rotatable bonds is 4. The van der Waals surface area contributed by atoms with Crippen molar-refractivity contribution >= 4 is 0 Å². The smallest absolute Gasteiger partial charge is 0.0797 e. The van der Waals surface area contributed by atoms with Crippen molar-refractivity contribution in [1.29, 1.82) is 0 Å². The van der Waals surface area contributed by atoms with Crippen LogP contribution in [0, 0.1) is 6.92 Å². The van der Waals surface area contributed by atoms with E-state index in [2.05, 4.69) is 25.1 Å². The molecule has 1 aromatic carbocycles. The van der Waals surface area contributed by atoms with Crippen LogP contribution in [0.3, 0.4) is 0 Å². The molecule has 1 unspecified atom stereocenters. The zero-order chi connectivity index (χ0) is 9.68. The molecule has 1 atom stereocenters. The van der Waals surface area contributed by atoms with Gasteiger partial charge in [0.2, 0.25) is 0 Å². The van der Waals surface area contributed by atoms with Gasteiger partial charge in [0, 0.05) is 6.54 Å². The van der Waals surface area contributed by atoms with Gasteiger partial charge < -0.3 is 10.5 Å². The van der Waals surface area contributed by atoms with E-state index >= 15 is 0 Å². The summed E-state index contributed by atoms with van der Waals surface area (Å²) < 4.78 is 5.51. The number of hydrogen-bond acceptors (Lipinski definition) is 2. The van der Waals surface area contributed by atoms with Crippen LogP contribution in [0.4, 0.5) is 0 Å². The second kappa shape index (κ2) is 5.00. The molecule has 2 nitrogen and oxygen atoms in total. The average Bonchev–Trinajstić information content (AvgIpc) is 2.14. The van der Waals surface area contributed by atoms with E-state index in [1.54, 1.807) is 0 Å². The highest BCUT2D eigenvalue weighted by molar-refractivity contribution is 5.23. The zero-order valence-corrected chi connectivity index (χ0v) is 8.29. The lowest BCUT2D eigenvalue weighted by Gasteiger charge is -2.12. The maximum absolute atomic E-state index is 5.51. The summed E-state index contributed by atoms with van der Waals surface area (Å²) in [6.45, 7) is 5.33. The van der Waals surface area contributed by atoms with Crippen LogP contribution < -0.4 is 5.73 Å². The fourth-order valence-corrected chi connectivity index (χ4v) is 1.26. The molecule has 0 amide bonds. The minimum Gasteiger partial charge on any atom is -0.373 e. The van der Waals surface area contributed by atoms with Gasteiger partial charge in [0.15, 0.2) is 0 Å². The number of nitrogens with two attached hydrogens (primary N) is 1. The summed E-state index contributed by atoms with van der Waals surface area (Å²) in [6.07, 6.45) is 0.142. The van der Waals surface area contributed by atoms with Crippen LogP contribution in [0.1, 0.15) is 24.2 Å². The van der Waals surface area contributed by atoms with Crippen LogP contribution in [0.5, 0.6) is 0 Å². The Morgan fingerprint density at radius 1 is 1.46 bits per heavy atom. The van der Waals surface area contributed by atoms with Gasteiger partial charge in [0.1, 0.15) is 0 Å². The van der Waals surface area contributed by atoms with Gasteiger partial charge in [0.25, 0.3) is 0 Å². The molecule has 1 rings (SSSR count). The molecule has 0 aromatic heterocycles. The van der Waals surface area contributed by atoms with Gasteiger partial charge in [-0.3, -0.25) is 0 Å². The topological polar surface area (TPSA) is 35.2 Å². The van der Waals surface area contributed by atoms with Gasteiger partial charge in [-0.05, 0) is 19.4 Å². The lowest BCUT2D eigenvalue weighted by molar-refractivity contribution is 0.0718. The number of aryl methyl sites for hydroxylation is 1. The van der Waals surface area contributed by atoms with Crippen LogP contribution in [0.25, 0.3) is 0 Å². The highest BCUT2D eigenvalue weighted by Crippen LogP contribution is 2.16. The highest BCUT2D eigenvalue weighted by atomic mass is 16.5. The maximum Gasteiger partial charge on any atom is 0.0797 e. The molecule has 2 heteroatoms. The monoisotopic (exact) mass is 179 g/mol. The van der Waals surface area contributed by atoms with Gasteiger partial charge in [0.05, 0.1) is 12.7 Å². The first-order chi connectivity index (χ1) is 6.24. The van der Waals surface area contributed by atoms with Crippen molar-refractivity contribution in [3.05, 3.63) is 35.4 Å². The van der Waals surface area contributed by atoms with Crippen LogP contribution in [-0.4, -0.2) is 13.2 Å². The molecule has 0 spiro atoms. The Bertz CT molecular complexity index is 260. The molecule has 0 aliphatic carbocycles. The molecule has 0 aliphatic rings. The minimum absolute atomic E-state index is 0.142. The Kier molecular flexibility index (Phi) is 3.93. The fourth-order valence-electron chi connectivity index (χ4n) is 1.26. The molecule has 2 N–H and O–H groups in total. The lowest BCUT2D eigenvalue weighted by Crippen LogP contribution is -2.10. The molecule has 0 aliphatic heterocycles. The molecule has 0 saturated carbocycles. The summed E-state index contributed by atoms with van der Waals surface area (Å²) in [5.41, 5.74) is 7.84. The Morgan fingerprint density at radius 2 is 2.23 bits per heavy atom. The number of ether oxygens (including phenoxy) is 1. The van der Waals surface area contributed by atoms with Crippen LogP contribution in [0.2, 0.25) is 0 Å². The fraction of sp³-hybridized carbons (Fsp3) is 0.455. The zero-order valence-electron chi connectivity index (χ0n) is 8.29. The third kappa shape index (κ3) is 3.17. The SMILES string of the molecule is Cc1cccc(C(C)OCCN)c1. The first-order valence-electron chi connectivity index (χ1n) is 4.62. The maximum atomic E-state index is 5.51. The first kappa shape index (κ1) is 10.2. The molecule has 13 heavy (non-hydrogen) atoms. The number of benzene rings is 1. The van der Waals surface area contributed by atoms with Crippen molar-refractivity contribution in [3.8, 4) is 0 Å². The second-order valence-corrected chi connectivity index (χ2v) is 3.22. The highest BCUT2D eigenvalue weighted by Gasteiger charge is 2.03. The largest absolute Gasteiger partial charge is 0.373 e. The quantitative estimate of drug-likeness (QED) is 0.767. The van der Waals surface area contributed by atoms with Crippen molar-refractivity contribution in [3.63, 3.8) is 0 Å². The van der Waals surface area contributed by atoms with E-state index in [4.69, 9.17) is 10.5 Å². The van der Waals surface area contributed by atoms with E-state index in [0.717, 1.165) is 0 Å². The van der Waals surface area contributed by atoms with Crippen molar-refractivity contribution in [2.24, 2.45) is 5.73 Å². The summed E-state index contributed by atoms with van der Waals surface area (Å²) in [5, 5.41) is 0. The molecule has 72 valence electrons. The van der Waals surface area contributed by atoms with Crippen molar-refractivity contribution < 1.29 is 4.74 Å². The Hall–Kier alpha value is -0.860.